The number of thiazole rings is 1. The molecule has 0 saturated heterocycles. The van der Waals surface area contributed by atoms with Gasteiger partial charge >= 0.3 is 0 Å². The van der Waals surface area contributed by atoms with Gasteiger partial charge in [0.25, 0.3) is 0 Å². The lowest BCUT2D eigenvalue weighted by molar-refractivity contribution is 0.662. The molecular weight excluding hydrogens is 240 g/mol. The van der Waals surface area contributed by atoms with Crippen LogP contribution in [0, 0.1) is 23.7 Å². The molecule has 0 amide bonds. The Kier molecular flexibility index (Phi) is 2.68. The van der Waals surface area contributed by atoms with Crippen LogP contribution < -0.4 is 0 Å². The predicted molar refractivity (Wildman–Crippen MR) is 73.3 cm³/mol. The molecule has 2 aromatic rings. The first kappa shape index (κ1) is 11.4. The number of nitriles is 1. The summed E-state index contributed by atoms with van der Waals surface area (Å²) in [6.07, 6.45) is 2.88. The molecule has 0 aliphatic heterocycles. The van der Waals surface area contributed by atoms with Gasteiger partial charge < -0.3 is 0 Å². The van der Waals surface area contributed by atoms with Gasteiger partial charge in [-0.3, -0.25) is 0 Å². The smallest absolute Gasteiger partial charge is 0.0948 e. The van der Waals surface area contributed by atoms with Gasteiger partial charge in [0.15, 0.2) is 0 Å². The van der Waals surface area contributed by atoms with E-state index in [4.69, 9.17) is 5.26 Å². The van der Waals surface area contributed by atoms with E-state index in [1.54, 1.807) is 11.3 Å². The normalized spacial score (nSPS) is 16.2. The fraction of sp³-hybridized carbons (Fsp3) is 0.333. The first-order chi connectivity index (χ1) is 8.71. The molecule has 0 atom stereocenters. The summed E-state index contributed by atoms with van der Waals surface area (Å²) in [5.74, 6) is 0. The Morgan fingerprint density at radius 1 is 1.33 bits per heavy atom. The number of aromatic nitrogens is 1. The minimum atomic E-state index is -0.0948. The number of hydrogen-bond acceptors (Lipinski definition) is 3. The van der Waals surface area contributed by atoms with Gasteiger partial charge in [0.2, 0.25) is 0 Å². The van der Waals surface area contributed by atoms with Gasteiger partial charge in [-0.1, -0.05) is 29.8 Å². The molecule has 1 heterocycles. The molecule has 0 N–H and O–H groups in total. The van der Waals surface area contributed by atoms with Crippen molar-refractivity contribution in [2.45, 2.75) is 26.2 Å². The van der Waals surface area contributed by atoms with Crippen LogP contribution in [0.4, 0.5) is 0 Å². The SMILES string of the molecule is Cc1ccc(-c2csc(CC3(C#N)CC3)n2)cc1. The fourth-order valence-corrected chi connectivity index (χ4v) is 2.96. The lowest BCUT2D eigenvalue weighted by Crippen LogP contribution is -2.00. The maximum absolute atomic E-state index is 9.10. The third-order valence-electron chi connectivity index (χ3n) is 3.48. The molecule has 0 unspecified atom stereocenters. The number of aryl methyl sites for hydroxylation is 1. The van der Waals surface area contributed by atoms with Gasteiger partial charge in [0.1, 0.15) is 0 Å². The van der Waals surface area contributed by atoms with Crippen LogP contribution in [0.15, 0.2) is 29.6 Å². The second-order valence-corrected chi connectivity index (χ2v) is 6.00. The van der Waals surface area contributed by atoms with Crippen molar-refractivity contribution < 1.29 is 0 Å². The van der Waals surface area contributed by atoms with Gasteiger partial charge in [-0.2, -0.15) is 5.26 Å². The van der Waals surface area contributed by atoms with E-state index >= 15 is 0 Å². The van der Waals surface area contributed by atoms with E-state index in [0.717, 1.165) is 35.5 Å². The molecule has 1 fully saturated rings. The first-order valence-electron chi connectivity index (χ1n) is 6.13. The molecular formula is C15H14N2S. The standard InChI is InChI=1S/C15H14N2S/c1-11-2-4-12(5-3-11)13-9-18-14(17-13)8-15(10-16)6-7-15/h2-5,9H,6-8H2,1H3. The zero-order chi connectivity index (χ0) is 12.6. The minimum absolute atomic E-state index is 0.0948. The van der Waals surface area contributed by atoms with Crippen LogP contribution in [-0.4, -0.2) is 4.98 Å². The van der Waals surface area contributed by atoms with Crippen molar-refractivity contribution in [3.63, 3.8) is 0 Å². The van der Waals surface area contributed by atoms with Crippen molar-refractivity contribution in [3.05, 3.63) is 40.2 Å². The number of hydrogen-bond donors (Lipinski definition) is 0. The second-order valence-electron chi connectivity index (χ2n) is 5.06. The molecule has 0 bridgehead atoms. The summed E-state index contributed by atoms with van der Waals surface area (Å²) in [6.45, 7) is 2.08. The largest absolute Gasteiger partial charge is 0.241 e. The highest BCUT2D eigenvalue weighted by Gasteiger charge is 2.43. The zero-order valence-electron chi connectivity index (χ0n) is 10.3. The van der Waals surface area contributed by atoms with E-state index in [1.807, 2.05) is 0 Å². The predicted octanol–water partition coefficient (Wildman–Crippen LogP) is 3.96. The summed E-state index contributed by atoms with van der Waals surface area (Å²) in [5.41, 5.74) is 3.35. The third kappa shape index (κ3) is 2.16. The van der Waals surface area contributed by atoms with Crippen molar-refractivity contribution in [1.82, 2.24) is 4.98 Å². The van der Waals surface area contributed by atoms with E-state index in [1.165, 1.54) is 5.56 Å². The molecule has 90 valence electrons. The summed E-state index contributed by atoms with van der Waals surface area (Å²) < 4.78 is 0. The average molecular weight is 254 g/mol. The lowest BCUT2D eigenvalue weighted by atomic mass is 10.1. The summed E-state index contributed by atoms with van der Waals surface area (Å²) in [7, 11) is 0. The van der Waals surface area contributed by atoms with Crippen molar-refractivity contribution >= 4 is 11.3 Å². The fourth-order valence-electron chi connectivity index (χ4n) is 2.02. The molecule has 0 spiro atoms. The Labute approximate surface area is 111 Å². The highest BCUT2D eigenvalue weighted by Crippen LogP contribution is 2.48. The summed E-state index contributed by atoms with van der Waals surface area (Å²) >= 11 is 1.67. The monoisotopic (exact) mass is 254 g/mol. The van der Waals surface area contributed by atoms with Gasteiger partial charge in [-0.05, 0) is 19.8 Å². The van der Waals surface area contributed by atoms with E-state index in [9.17, 15) is 0 Å². The van der Waals surface area contributed by atoms with E-state index in [0.29, 0.717) is 0 Å². The number of rotatable bonds is 3. The third-order valence-corrected chi connectivity index (χ3v) is 4.33. The molecule has 3 rings (SSSR count). The molecule has 18 heavy (non-hydrogen) atoms. The van der Waals surface area contributed by atoms with E-state index < -0.39 is 0 Å². The van der Waals surface area contributed by atoms with Crippen LogP contribution in [0.25, 0.3) is 11.3 Å². The van der Waals surface area contributed by atoms with Crippen molar-refractivity contribution in [2.24, 2.45) is 5.41 Å². The van der Waals surface area contributed by atoms with Crippen LogP contribution in [0.3, 0.4) is 0 Å². The Hall–Kier alpha value is -1.66. The van der Waals surface area contributed by atoms with Gasteiger partial charge in [-0.25, -0.2) is 4.98 Å². The van der Waals surface area contributed by atoms with E-state index in [2.05, 4.69) is 47.6 Å². The highest BCUT2D eigenvalue weighted by atomic mass is 32.1. The topological polar surface area (TPSA) is 36.7 Å². The summed E-state index contributed by atoms with van der Waals surface area (Å²) in [4.78, 5) is 4.65. The molecule has 3 heteroatoms. The van der Waals surface area contributed by atoms with Crippen molar-refractivity contribution in [3.8, 4) is 17.3 Å². The Bertz CT molecular complexity index is 600. The summed E-state index contributed by atoms with van der Waals surface area (Å²) in [5, 5.41) is 12.3. The minimum Gasteiger partial charge on any atom is -0.241 e. The lowest BCUT2D eigenvalue weighted by Gasteiger charge is -2.00. The average Bonchev–Trinajstić information content (AvgIpc) is 3.00. The van der Waals surface area contributed by atoms with Gasteiger partial charge in [0, 0.05) is 17.4 Å². The first-order valence-corrected chi connectivity index (χ1v) is 7.01. The van der Waals surface area contributed by atoms with Crippen molar-refractivity contribution in [2.75, 3.05) is 0 Å². The van der Waals surface area contributed by atoms with Gasteiger partial charge in [0.05, 0.1) is 22.2 Å². The van der Waals surface area contributed by atoms with Crippen LogP contribution in [-0.2, 0) is 6.42 Å². The molecule has 1 aliphatic carbocycles. The molecule has 1 aromatic carbocycles. The van der Waals surface area contributed by atoms with Gasteiger partial charge in [-0.15, -0.1) is 11.3 Å². The molecule has 1 aromatic heterocycles. The maximum Gasteiger partial charge on any atom is 0.0948 e. The second kappa shape index (κ2) is 4.22. The Morgan fingerprint density at radius 2 is 2.06 bits per heavy atom. The maximum atomic E-state index is 9.10. The molecule has 1 aliphatic rings. The number of nitrogens with zero attached hydrogens (tertiary/aromatic N) is 2. The Morgan fingerprint density at radius 3 is 2.67 bits per heavy atom. The molecule has 2 nitrogen and oxygen atoms in total. The van der Waals surface area contributed by atoms with E-state index in [-0.39, 0.29) is 5.41 Å². The van der Waals surface area contributed by atoms with Crippen molar-refractivity contribution in [1.29, 1.82) is 5.26 Å². The van der Waals surface area contributed by atoms with Crippen LogP contribution in [0.1, 0.15) is 23.4 Å². The zero-order valence-corrected chi connectivity index (χ0v) is 11.1. The molecule has 0 radical (unpaired) electrons. The quantitative estimate of drug-likeness (QED) is 0.831. The van der Waals surface area contributed by atoms with Crippen LogP contribution in [0.2, 0.25) is 0 Å². The van der Waals surface area contributed by atoms with Crippen LogP contribution >= 0.6 is 11.3 Å². The molecule has 1 saturated carbocycles. The number of benzene rings is 1. The van der Waals surface area contributed by atoms with Crippen LogP contribution in [0.5, 0.6) is 0 Å². The summed E-state index contributed by atoms with van der Waals surface area (Å²) in [6, 6.07) is 10.8. The Balaban J connectivity index is 1.81. The highest BCUT2D eigenvalue weighted by molar-refractivity contribution is 7.09.